The lowest BCUT2D eigenvalue weighted by Crippen LogP contribution is -1.87. The van der Waals surface area contributed by atoms with Gasteiger partial charge in [-0.05, 0) is 28.8 Å². The second kappa shape index (κ2) is 5.16. The minimum Gasteiger partial charge on any atom is -0.235 e. The first-order valence-electron chi connectivity index (χ1n) is 5.53. The normalized spacial score (nSPS) is 9.42. The van der Waals surface area contributed by atoms with Crippen molar-refractivity contribution in [2.75, 3.05) is 0 Å². The number of hydrogen-bond donors (Lipinski definition) is 0. The quantitative estimate of drug-likeness (QED) is 0.716. The van der Waals surface area contributed by atoms with Crippen molar-refractivity contribution in [2.45, 2.75) is 0 Å². The zero-order valence-corrected chi connectivity index (χ0v) is 10.0. The molecule has 0 aromatic heterocycles. The van der Waals surface area contributed by atoms with Crippen LogP contribution in [-0.2, 0) is 0 Å². The fourth-order valence-corrected chi connectivity index (χ4v) is 1.75. The molecule has 0 atom stereocenters. The van der Waals surface area contributed by atoms with E-state index in [1.807, 2.05) is 24.3 Å². The highest BCUT2D eigenvalue weighted by Gasteiger charge is 2.11. The number of rotatable bonds is 2. The molecule has 0 fully saturated rings. The van der Waals surface area contributed by atoms with E-state index in [2.05, 4.69) is 11.4 Å². The molecule has 0 bridgehead atoms. The number of hydrogen-bond acceptors (Lipinski definition) is 1. The van der Waals surface area contributed by atoms with Gasteiger partial charge < -0.3 is 0 Å². The molecule has 2 aromatic rings. The Bertz CT molecular complexity index is 681. The van der Waals surface area contributed by atoms with Crippen LogP contribution in [0.5, 0.6) is 0 Å². The largest absolute Gasteiger partial charge is 0.235 e. The molecule has 0 aliphatic rings. The predicted octanol–water partition coefficient (Wildman–Crippen LogP) is 4.56. The highest BCUT2D eigenvalue weighted by molar-refractivity contribution is 5.72. The van der Waals surface area contributed by atoms with E-state index in [-0.39, 0.29) is 11.3 Å². The van der Waals surface area contributed by atoms with E-state index in [9.17, 15) is 4.39 Å². The lowest BCUT2D eigenvalue weighted by atomic mass is 10.0. The van der Waals surface area contributed by atoms with Crippen molar-refractivity contribution in [1.82, 2.24) is 0 Å². The number of nitriles is 1. The third-order valence-corrected chi connectivity index (χ3v) is 2.77. The van der Waals surface area contributed by atoms with Gasteiger partial charge in [0, 0.05) is 0 Å². The van der Waals surface area contributed by atoms with E-state index in [1.165, 1.54) is 12.1 Å². The molecule has 0 spiro atoms. The Balaban J connectivity index is 2.59. The monoisotopic (exact) mass is 248 g/mol. The summed E-state index contributed by atoms with van der Waals surface area (Å²) in [6.45, 7) is 10.6. The molecule has 2 rings (SSSR count). The Labute approximate surface area is 110 Å². The summed E-state index contributed by atoms with van der Waals surface area (Å²) in [5.41, 5.74) is 2.20. The van der Waals surface area contributed by atoms with Gasteiger partial charge in [0.15, 0.2) is 0 Å². The molecule has 2 aromatic carbocycles. The van der Waals surface area contributed by atoms with Gasteiger partial charge >= 0.3 is 0 Å². The minimum atomic E-state index is -0.760. The van der Waals surface area contributed by atoms with Gasteiger partial charge in [-0.1, -0.05) is 36.9 Å². The van der Waals surface area contributed by atoms with Crippen molar-refractivity contribution in [3.63, 3.8) is 0 Å². The van der Waals surface area contributed by atoms with Crippen molar-refractivity contribution < 1.29 is 4.39 Å². The van der Waals surface area contributed by atoms with Gasteiger partial charge in [-0.15, -0.1) is 0 Å². The van der Waals surface area contributed by atoms with Gasteiger partial charge in [-0.25, -0.2) is 9.24 Å². The summed E-state index contributed by atoms with van der Waals surface area (Å²) in [6.07, 6.45) is 1.72. The summed E-state index contributed by atoms with van der Waals surface area (Å²) in [5.74, 6) is -0.760. The number of benzene rings is 2. The molecule has 0 aliphatic carbocycles. The molecule has 0 N–H and O–H groups in total. The fourth-order valence-electron chi connectivity index (χ4n) is 1.75. The van der Waals surface area contributed by atoms with Crippen LogP contribution in [0.15, 0.2) is 43.0 Å². The molecule has 90 valence electrons. The molecule has 0 saturated heterocycles. The zero-order valence-electron chi connectivity index (χ0n) is 10.0. The standard InChI is InChI=1S/C16H9FN2/c1-3-11-4-6-12(7-5-11)13-8-14(10-18)16(17)15(9-13)19-2/h3-9H,1H2. The highest BCUT2D eigenvalue weighted by atomic mass is 19.1. The zero-order chi connectivity index (χ0) is 13.8. The van der Waals surface area contributed by atoms with E-state index in [1.54, 1.807) is 12.1 Å². The van der Waals surface area contributed by atoms with Crippen molar-refractivity contribution in [1.29, 1.82) is 5.26 Å². The van der Waals surface area contributed by atoms with E-state index in [0.717, 1.165) is 11.1 Å². The highest BCUT2D eigenvalue weighted by Crippen LogP contribution is 2.29. The van der Waals surface area contributed by atoms with Gasteiger partial charge in [-0.3, -0.25) is 0 Å². The van der Waals surface area contributed by atoms with Crippen LogP contribution >= 0.6 is 0 Å². The Morgan fingerprint density at radius 3 is 2.42 bits per heavy atom. The Morgan fingerprint density at radius 1 is 1.21 bits per heavy atom. The van der Waals surface area contributed by atoms with Crippen molar-refractivity contribution in [2.24, 2.45) is 0 Å². The topological polar surface area (TPSA) is 28.1 Å². The third kappa shape index (κ3) is 2.36. The average Bonchev–Trinajstić information content (AvgIpc) is 2.47. The summed E-state index contributed by atoms with van der Waals surface area (Å²) in [7, 11) is 0. The van der Waals surface area contributed by atoms with E-state index >= 15 is 0 Å². The van der Waals surface area contributed by atoms with Crippen LogP contribution in [0.1, 0.15) is 11.1 Å². The minimum absolute atomic E-state index is 0.115. The van der Waals surface area contributed by atoms with Gasteiger partial charge in [0.1, 0.15) is 11.9 Å². The summed E-state index contributed by atoms with van der Waals surface area (Å²) in [4.78, 5) is 3.11. The SMILES string of the molecule is [C-]#[N+]c1cc(-c2ccc(C=C)cc2)cc(C#N)c1F. The smallest absolute Gasteiger partial charge is 0.224 e. The average molecular weight is 248 g/mol. The van der Waals surface area contributed by atoms with Crippen molar-refractivity contribution in [3.8, 4) is 17.2 Å². The molecule has 0 heterocycles. The molecule has 0 amide bonds. The van der Waals surface area contributed by atoms with Gasteiger partial charge in [-0.2, -0.15) is 5.26 Å². The second-order valence-corrected chi connectivity index (χ2v) is 3.91. The van der Waals surface area contributed by atoms with Gasteiger partial charge in [0.25, 0.3) is 0 Å². The molecule has 0 unspecified atom stereocenters. The van der Waals surface area contributed by atoms with E-state index < -0.39 is 5.82 Å². The molecule has 0 saturated carbocycles. The first-order chi connectivity index (χ1) is 9.19. The lowest BCUT2D eigenvalue weighted by molar-refractivity contribution is 0.630. The summed E-state index contributed by atoms with van der Waals surface area (Å²) in [5, 5.41) is 8.89. The Kier molecular flexibility index (Phi) is 3.41. The van der Waals surface area contributed by atoms with Crippen LogP contribution in [0.25, 0.3) is 22.0 Å². The molecule has 0 aliphatic heterocycles. The van der Waals surface area contributed by atoms with Crippen molar-refractivity contribution in [3.05, 3.63) is 71.3 Å². The summed E-state index contributed by atoms with van der Waals surface area (Å²) in [6, 6.07) is 12.1. The maximum Gasteiger partial charge on any atom is 0.224 e. The maximum absolute atomic E-state index is 13.6. The Hall–Kier alpha value is -2.91. The van der Waals surface area contributed by atoms with Crippen molar-refractivity contribution >= 4 is 11.8 Å². The number of nitrogens with zero attached hydrogens (tertiary/aromatic N) is 2. The molecule has 2 nitrogen and oxygen atoms in total. The predicted molar refractivity (Wildman–Crippen MR) is 72.9 cm³/mol. The lowest BCUT2D eigenvalue weighted by Gasteiger charge is -2.05. The van der Waals surface area contributed by atoms with Crippen LogP contribution < -0.4 is 0 Å². The molecule has 3 heteroatoms. The van der Waals surface area contributed by atoms with Crippen LogP contribution in [0.3, 0.4) is 0 Å². The fraction of sp³-hybridized carbons (Fsp3) is 0. The van der Waals surface area contributed by atoms with E-state index in [4.69, 9.17) is 11.8 Å². The van der Waals surface area contributed by atoms with E-state index in [0.29, 0.717) is 5.56 Å². The van der Waals surface area contributed by atoms with Crippen LogP contribution in [0.4, 0.5) is 10.1 Å². The summed E-state index contributed by atoms with van der Waals surface area (Å²) >= 11 is 0. The molecular formula is C16H9FN2. The molecule has 19 heavy (non-hydrogen) atoms. The van der Waals surface area contributed by atoms with Crippen LogP contribution in [-0.4, -0.2) is 0 Å². The second-order valence-electron chi connectivity index (χ2n) is 3.91. The molecular weight excluding hydrogens is 239 g/mol. The third-order valence-electron chi connectivity index (χ3n) is 2.77. The number of halogens is 1. The van der Waals surface area contributed by atoms with Gasteiger partial charge in [0.05, 0.1) is 12.1 Å². The summed E-state index contributed by atoms with van der Waals surface area (Å²) < 4.78 is 13.6. The Morgan fingerprint density at radius 2 is 1.89 bits per heavy atom. The van der Waals surface area contributed by atoms with Crippen LogP contribution in [0.2, 0.25) is 0 Å². The molecule has 0 radical (unpaired) electrons. The first-order valence-corrected chi connectivity index (χ1v) is 5.53. The first kappa shape index (κ1) is 12.5. The maximum atomic E-state index is 13.6. The van der Waals surface area contributed by atoms with Gasteiger partial charge in [0.2, 0.25) is 5.69 Å². The van der Waals surface area contributed by atoms with Crippen LogP contribution in [0, 0.1) is 23.7 Å².